The van der Waals surface area contributed by atoms with Gasteiger partial charge in [0, 0.05) is 30.9 Å². The molecule has 0 aliphatic rings. The maximum absolute atomic E-state index is 12.2. The Kier molecular flexibility index (Phi) is 4.70. The van der Waals surface area contributed by atoms with Gasteiger partial charge < -0.3 is 5.32 Å². The van der Waals surface area contributed by atoms with E-state index >= 15 is 0 Å². The first-order valence-electron chi connectivity index (χ1n) is 7.38. The van der Waals surface area contributed by atoms with Gasteiger partial charge >= 0.3 is 0 Å². The van der Waals surface area contributed by atoms with Crippen LogP contribution in [0, 0.1) is 0 Å². The molecule has 0 fully saturated rings. The number of tetrazole rings is 1. The van der Waals surface area contributed by atoms with Crippen molar-refractivity contribution in [3.05, 3.63) is 64.8 Å². The Labute approximate surface area is 136 Å². The lowest BCUT2D eigenvalue weighted by Gasteiger charge is -2.07. The minimum Gasteiger partial charge on any atom is -0.352 e. The van der Waals surface area contributed by atoms with E-state index in [-0.39, 0.29) is 11.5 Å². The number of carbonyl (C=O) groups excluding carboxylic acids is 1. The number of carbonyl (C=O) groups is 1. The van der Waals surface area contributed by atoms with Crippen LogP contribution >= 0.6 is 0 Å². The molecule has 122 valence electrons. The number of benzene rings is 1. The van der Waals surface area contributed by atoms with Crippen molar-refractivity contribution < 1.29 is 4.79 Å². The second kappa shape index (κ2) is 7.27. The van der Waals surface area contributed by atoms with Gasteiger partial charge in [0.25, 0.3) is 11.5 Å². The molecule has 2 heterocycles. The molecule has 0 aliphatic heterocycles. The monoisotopic (exact) mass is 325 g/mol. The van der Waals surface area contributed by atoms with E-state index < -0.39 is 0 Å². The quantitative estimate of drug-likeness (QED) is 0.641. The van der Waals surface area contributed by atoms with Crippen molar-refractivity contribution in [2.45, 2.75) is 13.0 Å². The number of aromatic nitrogens is 6. The zero-order valence-electron chi connectivity index (χ0n) is 12.7. The number of hydrogen-bond donors (Lipinski definition) is 1. The Balaban J connectivity index is 1.55. The number of rotatable bonds is 6. The van der Waals surface area contributed by atoms with Gasteiger partial charge in [0.05, 0.1) is 5.69 Å². The summed E-state index contributed by atoms with van der Waals surface area (Å²) in [7, 11) is 0. The Morgan fingerprint density at radius 3 is 2.92 bits per heavy atom. The molecule has 1 N–H and O–H groups in total. The molecule has 3 aromatic rings. The molecule has 0 unspecified atom stereocenters. The molecule has 3 rings (SSSR count). The molecule has 0 bridgehead atoms. The van der Waals surface area contributed by atoms with Crippen LogP contribution < -0.4 is 10.9 Å². The van der Waals surface area contributed by atoms with Crippen LogP contribution in [0.4, 0.5) is 0 Å². The fraction of sp³-hybridized carbons (Fsp3) is 0.200. The van der Waals surface area contributed by atoms with Crippen LogP contribution in [0.1, 0.15) is 16.8 Å². The van der Waals surface area contributed by atoms with E-state index in [1.807, 2.05) is 0 Å². The number of nitrogens with zero attached hydrogens (tertiary/aromatic N) is 6. The van der Waals surface area contributed by atoms with Crippen LogP contribution in [0.25, 0.3) is 5.69 Å². The molecule has 9 heteroatoms. The molecule has 1 aromatic carbocycles. The third-order valence-corrected chi connectivity index (χ3v) is 3.34. The third-order valence-electron chi connectivity index (χ3n) is 3.34. The SMILES string of the molecule is O=C(NCCCn1ncccc1=O)c1cccc(-n2cnnn2)c1. The van der Waals surface area contributed by atoms with Crippen LogP contribution in [-0.4, -0.2) is 42.4 Å². The van der Waals surface area contributed by atoms with Gasteiger partial charge in [-0.2, -0.15) is 5.10 Å². The van der Waals surface area contributed by atoms with Crippen LogP contribution in [-0.2, 0) is 6.54 Å². The van der Waals surface area contributed by atoms with Gasteiger partial charge in [-0.1, -0.05) is 6.07 Å². The highest BCUT2D eigenvalue weighted by Crippen LogP contribution is 2.08. The molecule has 9 nitrogen and oxygen atoms in total. The van der Waals surface area contributed by atoms with E-state index in [1.165, 1.54) is 21.8 Å². The van der Waals surface area contributed by atoms with E-state index in [9.17, 15) is 9.59 Å². The second-order valence-electron chi connectivity index (χ2n) is 5.00. The summed E-state index contributed by atoms with van der Waals surface area (Å²) < 4.78 is 2.84. The van der Waals surface area contributed by atoms with Crippen LogP contribution in [0.5, 0.6) is 0 Å². The highest BCUT2D eigenvalue weighted by atomic mass is 16.1. The lowest BCUT2D eigenvalue weighted by Crippen LogP contribution is -2.27. The molecular formula is C15H15N7O2. The van der Waals surface area contributed by atoms with Crippen molar-refractivity contribution in [2.75, 3.05) is 6.54 Å². The minimum atomic E-state index is -0.196. The first kappa shape index (κ1) is 15.5. The lowest BCUT2D eigenvalue weighted by molar-refractivity contribution is 0.0952. The Morgan fingerprint density at radius 2 is 2.12 bits per heavy atom. The van der Waals surface area contributed by atoms with E-state index in [0.717, 1.165) is 0 Å². The summed E-state index contributed by atoms with van der Waals surface area (Å²) in [5.74, 6) is -0.196. The first-order chi connectivity index (χ1) is 11.7. The summed E-state index contributed by atoms with van der Waals surface area (Å²) in [5, 5.41) is 17.7. The minimum absolute atomic E-state index is 0.155. The number of amides is 1. The normalized spacial score (nSPS) is 10.5. The summed E-state index contributed by atoms with van der Waals surface area (Å²) in [6.07, 6.45) is 3.63. The van der Waals surface area contributed by atoms with Gasteiger partial charge in [0.1, 0.15) is 6.33 Å². The van der Waals surface area contributed by atoms with Crippen LogP contribution in [0.15, 0.2) is 53.7 Å². The zero-order valence-corrected chi connectivity index (χ0v) is 12.7. The summed E-state index contributed by atoms with van der Waals surface area (Å²) in [6, 6.07) is 10.0. The molecule has 2 aromatic heterocycles. The molecule has 0 saturated heterocycles. The van der Waals surface area contributed by atoms with Crippen molar-refractivity contribution in [3.8, 4) is 5.69 Å². The molecule has 0 saturated carbocycles. The molecule has 0 radical (unpaired) electrons. The van der Waals surface area contributed by atoms with E-state index in [4.69, 9.17) is 0 Å². The summed E-state index contributed by atoms with van der Waals surface area (Å²) in [4.78, 5) is 23.7. The predicted molar refractivity (Wildman–Crippen MR) is 84.6 cm³/mol. The molecular weight excluding hydrogens is 310 g/mol. The standard InChI is InChI=1S/C15H15N7O2/c23-14-6-2-8-18-21(14)9-3-7-16-15(24)12-4-1-5-13(10-12)22-11-17-19-20-22/h1-2,4-6,8,10-11H,3,7,9H2,(H,16,24). The van der Waals surface area contributed by atoms with E-state index in [2.05, 4.69) is 25.9 Å². The fourth-order valence-electron chi connectivity index (χ4n) is 2.16. The van der Waals surface area contributed by atoms with Gasteiger partial charge in [-0.05, 0) is 41.1 Å². The average molecular weight is 325 g/mol. The molecule has 0 spiro atoms. The van der Waals surface area contributed by atoms with Gasteiger partial charge in [-0.15, -0.1) is 5.10 Å². The van der Waals surface area contributed by atoms with Crippen LogP contribution in [0.3, 0.4) is 0 Å². The fourth-order valence-corrected chi connectivity index (χ4v) is 2.16. The van der Waals surface area contributed by atoms with Gasteiger partial charge in [0.15, 0.2) is 0 Å². The Morgan fingerprint density at radius 1 is 1.21 bits per heavy atom. The van der Waals surface area contributed by atoms with Gasteiger partial charge in [-0.3, -0.25) is 9.59 Å². The summed E-state index contributed by atoms with van der Waals surface area (Å²) >= 11 is 0. The highest BCUT2D eigenvalue weighted by molar-refractivity contribution is 5.94. The number of hydrogen-bond acceptors (Lipinski definition) is 6. The summed E-state index contributed by atoms with van der Waals surface area (Å²) in [6.45, 7) is 0.890. The first-order valence-corrected chi connectivity index (χ1v) is 7.38. The van der Waals surface area contributed by atoms with Crippen molar-refractivity contribution in [3.63, 3.8) is 0 Å². The maximum Gasteiger partial charge on any atom is 0.266 e. The molecule has 0 atom stereocenters. The topological polar surface area (TPSA) is 108 Å². The average Bonchev–Trinajstić information content (AvgIpc) is 3.15. The van der Waals surface area contributed by atoms with Crippen molar-refractivity contribution in [1.82, 2.24) is 35.3 Å². The van der Waals surface area contributed by atoms with E-state index in [0.29, 0.717) is 30.8 Å². The zero-order chi connectivity index (χ0) is 16.8. The second-order valence-corrected chi connectivity index (χ2v) is 5.00. The third kappa shape index (κ3) is 3.69. The number of aryl methyl sites for hydroxylation is 1. The molecule has 1 amide bonds. The van der Waals surface area contributed by atoms with Gasteiger partial charge in [-0.25, -0.2) is 9.36 Å². The van der Waals surface area contributed by atoms with Gasteiger partial charge in [0.2, 0.25) is 0 Å². The largest absolute Gasteiger partial charge is 0.352 e. The summed E-state index contributed by atoms with van der Waals surface area (Å²) in [5.41, 5.74) is 1.06. The van der Waals surface area contributed by atoms with E-state index in [1.54, 1.807) is 36.5 Å². The van der Waals surface area contributed by atoms with Crippen molar-refractivity contribution in [1.29, 1.82) is 0 Å². The molecule has 24 heavy (non-hydrogen) atoms. The van der Waals surface area contributed by atoms with Crippen molar-refractivity contribution >= 4 is 5.91 Å². The predicted octanol–water partition coefficient (Wildman–Crippen LogP) is 0.0391. The highest BCUT2D eigenvalue weighted by Gasteiger charge is 2.07. The Hall–Kier alpha value is -3.36. The Bertz CT molecular complexity index is 873. The molecule has 0 aliphatic carbocycles. The van der Waals surface area contributed by atoms with Crippen LogP contribution in [0.2, 0.25) is 0 Å². The number of nitrogens with one attached hydrogen (secondary N) is 1. The van der Waals surface area contributed by atoms with Crippen molar-refractivity contribution in [2.24, 2.45) is 0 Å². The lowest BCUT2D eigenvalue weighted by atomic mass is 10.2. The maximum atomic E-state index is 12.2. The smallest absolute Gasteiger partial charge is 0.266 e.